The van der Waals surface area contributed by atoms with Gasteiger partial charge in [-0.15, -0.1) is 0 Å². The number of carbonyl (C=O) groups excluding carboxylic acids is 2. The topological polar surface area (TPSA) is 740 Å². The second-order valence-corrected chi connectivity index (χ2v) is 25.5. The van der Waals surface area contributed by atoms with Gasteiger partial charge in [0.2, 0.25) is 11.8 Å². The smallest absolute Gasteiger partial charge is 0.394 e. The molecule has 0 spiro atoms. The predicted octanol–water partition coefficient (Wildman–Crippen LogP) is -18.4. The molecule has 39 atom stereocenters. The van der Waals surface area contributed by atoms with Gasteiger partial charge in [0.05, 0.1) is 65.5 Å². The van der Waals surface area contributed by atoms with Crippen molar-refractivity contribution in [1.82, 2.24) is 10.6 Å². The van der Waals surface area contributed by atoms with Crippen molar-refractivity contribution in [2.75, 3.05) is 59.5 Å². The summed E-state index contributed by atoms with van der Waals surface area (Å²) in [6.45, 7) is -8.10. The molecule has 7 heterocycles. The van der Waals surface area contributed by atoms with E-state index in [1.165, 1.54) is 0 Å². The number of rotatable bonds is 30. The number of hydrogen-bond donors (Lipinski definition) is 28. The zero-order chi connectivity index (χ0) is 73.6. The Morgan fingerprint density at radius 1 is 0.394 bits per heavy atom. The van der Waals surface area contributed by atoms with Crippen molar-refractivity contribution in [3.8, 4) is 0 Å². The lowest BCUT2D eigenvalue weighted by molar-refractivity contribution is -0.398. The molecular formula is C52H91N2O44P. The first-order valence-electron chi connectivity index (χ1n) is 30.8. The van der Waals surface area contributed by atoms with Crippen molar-refractivity contribution in [3.05, 3.63) is 0 Å². The molecule has 0 aromatic heterocycles. The maximum Gasteiger partial charge on any atom is 0.469 e. The van der Waals surface area contributed by atoms with E-state index in [0.29, 0.717) is 0 Å². The Hall–Kier alpha value is -2.47. The van der Waals surface area contributed by atoms with Crippen LogP contribution >= 0.6 is 7.82 Å². The summed E-state index contributed by atoms with van der Waals surface area (Å²) in [4.78, 5) is 43.5. The van der Waals surface area contributed by atoms with E-state index in [-0.39, 0.29) is 0 Å². The summed E-state index contributed by atoms with van der Waals surface area (Å²) in [5, 5.41) is 267. The van der Waals surface area contributed by atoms with Crippen LogP contribution in [0.4, 0.5) is 0 Å². The third-order valence-corrected chi connectivity index (χ3v) is 17.8. The molecule has 7 aliphatic rings. The fourth-order valence-electron chi connectivity index (χ4n) is 11.8. The van der Waals surface area contributed by atoms with Gasteiger partial charge in [-0.05, 0) is 0 Å². The van der Waals surface area contributed by atoms with E-state index in [1.54, 1.807) is 0 Å². The van der Waals surface area contributed by atoms with Gasteiger partial charge in [-0.25, -0.2) is 4.57 Å². The van der Waals surface area contributed by atoms with E-state index in [1.807, 2.05) is 0 Å². The Morgan fingerprint density at radius 3 is 1.23 bits per heavy atom. The van der Waals surface area contributed by atoms with Crippen molar-refractivity contribution < 1.29 is 217 Å². The van der Waals surface area contributed by atoms with Crippen LogP contribution in [0.2, 0.25) is 0 Å². The molecule has 7 rings (SSSR count). The maximum absolute atomic E-state index is 12.8. The number of nitrogens with one attached hydrogen (secondary N) is 2. The van der Waals surface area contributed by atoms with E-state index in [0.717, 1.165) is 13.8 Å². The zero-order valence-electron chi connectivity index (χ0n) is 52.3. The SMILES string of the molecule is CC(=O)N[C@H]1[C@H](O[C@@H]([C@H](O)[C@H](CO)NC(C)=O)[C@H](O)CO)O[C@H](CO)[C@@H](O[C@@H]2O[C@H](CO[C@H]3O[C@H](CO[C@H]4O[C@H](CO)[C@@H](O)[C@H](O)[C@@H]4O)[C@@H](O)[C@H](O[C@H]4O[C@H](COP(=O)(O)O)[C@@H](O)[C@H](O)[C@@H]4O)[C@@H]3O)[C@@H](O)[C@H](O[C@H]3O[C@H](CO)[C@@H](O)[C@H](O)[C@@H]3O[C@H]3O[C@H](CO)[C@@H](O)[C@H](O)[C@@H]3O)[C@@H]2O)[C@@H]1O. The average molecular weight is 1480 g/mol. The molecule has 2 amide bonds. The fourth-order valence-corrected chi connectivity index (χ4v) is 12.2. The summed E-state index contributed by atoms with van der Waals surface area (Å²) < 4.78 is 96.8. The maximum atomic E-state index is 12.8. The number of phosphoric ester groups is 1. The van der Waals surface area contributed by atoms with Crippen LogP contribution in [-0.4, -0.2) is 443 Å². The molecule has 47 heteroatoms. The number of aliphatic hydroxyl groups excluding tert-OH is 24. The Labute approximate surface area is 559 Å². The van der Waals surface area contributed by atoms with Crippen molar-refractivity contribution >= 4 is 19.6 Å². The Morgan fingerprint density at radius 2 is 0.768 bits per heavy atom. The van der Waals surface area contributed by atoms with E-state index in [4.69, 9.17) is 66.3 Å². The van der Waals surface area contributed by atoms with E-state index < -0.39 is 318 Å². The van der Waals surface area contributed by atoms with E-state index in [2.05, 4.69) is 15.2 Å². The van der Waals surface area contributed by atoms with Crippen LogP contribution in [0.3, 0.4) is 0 Å². The summed E-state index contributed by atoms with van der Waals surface area (Å²) in [6, 6.07) is -3.59. The molecule has 46 nitrogen and oxygen atoms in total. The van der Waals surface area contributed by atoms with Crippen molar-refractivity contribution in [2.24, 2.45) is 0 Å². The molecule has 0 bridgehead atoms. The van der Waals surface area contributed by atoms with Crippen LogP contribution < -0.4 is 10.6 Å². The summed E-state index contributed by atoms with van der Waals surface area (Å²) in [6.07, 6.45) is -79.9. The van der Waals surface area contributed by atoms with Crippen LogP contribution in [0.5, 0.6) is 0 Å². The van der Waals surface area contributed by atoms with E-state index in [9.17, 15) is 146 Å². The number of ether oxygens (including phenoxy) is 14. The van der Waals surface area contributed by atoms with Crippen molar-refractivity contribution in [2.45, 2.75) is 253 Å². The highest BCUT2D eigenvalue weighted by Gasteiger charge is 2.59. The van der Waals surface area contributed by atoms with Gasteiger partial charge in [-0.1, -0.05) is 0 Å². The molecule has 0 aliphatic carbocycles. The third-order valence-electron chi connectivity index (χ3n) is 17.3. The van der Waals surface area contributed by atoms with Gasteiger partial charge in [-0.2, -0.15) is 0 Å². The van der Waals surface area contributed by atoms with Gasteiger partial charge < -0.3 is 209 Å². The van der Waals surface area contributed by atoms with Crippen LogP contribution in [0.25, 0.3) is 0 Å². The number of phosphoric acid groups is 1. The lowest BCUT2D eigenvalue weighted by Crippen LogP contribution is -2.69. The van der Waals surface area contributed by atoms with Crippen LogP contribution in [0.1, 0.15) is 13.8 Å². The largest absolute Gasteiger partial charge is 0.469 e. The summed E-state index contributed by atoms with van der Waals surface area (Å²) >= 11 is 0. The summed E-state index contributed by atoms with van der Waals surface area (Å²) in [5.41, 5.74) is 0. The first kappa shape index (κ1) is 83.8. The highest BCUT2D eigenvalue weighted by molar-refractivity contribution is 7.46. The van der Waals surface area contributed by atoms with E-state index >= 15 is 0 Å². The van der Waals surface area contributed by atoms with Gasteiger partial charge >= 0.3 is 7.82 Å². The molecule has 99 heavy (non-hydrogen) atoms. The number of carbonyl (C=O) groups is 2. The minimum Gasteiger partial charge on any atom is -0.394 e. The Bertz CT molecular complexity index is 2520. The highest BCUT2D eigenvalue weighted by atomic mass is 31.2. The van der Waals surface area contributed by atoms with Crippen molar-refractivity contribution in [3.63, 3.8) is 0 Å². The van der Waals surface area contributed by atoms with Gasteiger partial charge in [0, 0.05) is 13.8 Å². The average Bonchev–Trinajstić information content (AvgIpc) is 0.776. The molecule has 7 saturated heterocycles. The normalized spacial score (nSPS) is 46.0. The number of aliphatic hydroxyl groups is 24. The fraction of sp³-hybridized carbons (Fsp3) is 0.962. The molecule has 7 aliphatic heterocycles. The van der Waals surface area contributed by atoms with Crippen molar-refractivity contribution in [1.29, 1.82) is 0 Å². The number of amides is 2. The van der Waals surface area contributed by atoms with Crippen LogP contribution in [-0.2, 0) is 85.0 Å². The Balaban J connectivity index is 1.25. The van der Waals surface area contributed by atoms with Gasteiger partial charge in [0.1, 0.15) is 189 Å². The molecule has 28 N–H and O–H groups in total. The first-order chi connectivity index (χ1) is 46.6. The second kappa shape index (κ2) is 36.7. The van der Waals surface area contributed by atoms with Crippen LogP contribution in [0, 0.1) is 0 Å². The van der Waals surface area contributed by atoms with Gasteiger partial charge in [0.25, 0.3) is 0 Å². The first-order valence-corrected chi connectivity index (χ1v) is 32.3. The minimum atomic E-state index is -5.33. The molecule has 0 unspecified atom stereocenters. The number of hydrogen-bond acceptors (Lipinski definition) is 42. The molecule has 0 aromatic rings. The summed E-state index contributed by atoms with van der Waals surface area (Å²) in [5.74, 6) is -1.78. The van der Waals surface area contributed by atoms with Gasteiger partial charge in [-0.3, -0.25) is 14.1 Å². The standard InChI is InChI=1S/C52H91N2O44P/c1-12(61)53-14(3-55)24(64)41(15(63)4-56)94-46-23(54-13(2)62)31(71)42(19(8-60)90-46)95-51-40(80)44(97-52-45(35(75)27(67)18(7-59)89-52)98-49-37(77)33(73)26(66)17(6-58)88-49)30(70)21(92-51)10-85-48-39(79)43(96-50-38(78)34(74)28(68)22(93-50)11-86-99(81,82)83)29(69)20(91-48)9-84-47-36(76)32(72)25(65)16(5-57)87-47/h14-52,55-60,63-80H,3-11H2,1-2H3,(H,53,61)(H,54,62)(H2,81,82,83)/t14-,15+,16+,17+,18+,19+,20+,21+,22+,23+,24+,25+,26+,27+,28+,29+,30+,31+,32-,33-,34-,35-,36-,37-,38-,39-,40-,41+,42+,43-,44-,45-,46-,47-,48-,49+,50+,51-,52+/m0/s1. The molecule has 7 fully saturated rings. The molecule has 578 valence electrons. The lowest BCUT2D eigenvalue weighted by atomic mass is 9.94. The lowest BCUT2D eigenvalue weighted by Gasteiger charge is -2.50. The highest BCUT2D eigenvalue weighted by Crippen LogP contribution is 2.40. The molecule has 0 saturated carbocycles. The molecular weight excluding hydrogens is 1390 g/mol. The third kappa shape index (κ3) is 19.8. The Kier molecular flexibility index (Phi) is 31.1. The zero-order valence-corrected chi connectivity index (χ0v) is 53.2. The summed E-state index contributed by atoms with van der Waals surface area (Å²) in [7, 11) is -5.33. The molecule has 0 radical (unpaired) electrons. The minimum absolute atomic E-state index is 0.805. The quantitative estimate of drug-likeness (QED) is 0.0297. The second-order valence-electron chi connectivity index (χ2n) is 24.3. The monoisotopic (exact) mass is 1480 g/mol. The van der Waals surface area contributed by atoms with Crippen LogP contribution in [0.15, 0.2) is 0 Å². The predicted molar refractivity (Wildman–Crippen MR) is 301 cm³/mol. The van der Waals surface area contributed by atoms with Gasteiger partial charge in [0.15, 0.2) is 44.0 Å². The molecule has 0 aromatic carbocycles.